The number of ether oxygens (including phenoxy) is 3. The number of nitrogens with one attached hydrogen (secondary N) is 1. The first-order chi connectivity index (χ1) is 23.8. The third kappa shape index (κ3) is 72.3. The van der Waals surface area contributed by atoms with Crippen molar-refractivity contribution in [1.29, 1.82) is 5.26 Å². The van der Waals surface area contributed by atoms with Crippen LogP contribution >= 0.6 is 39.2 Å². The fourth-order valence-electron chi connectivity index (χ4n) is 1.89. The van der Waals surface area contributed by atoms with Crippen molar-refractivity contribution in [2.75, 3.05) is 34.4 Å². The Bertz CT molecular complexity index is 1430. The number of amides is 1. The molecule has 2 aromatic heterocycles. The van der Waals surface area contributed by atoms with Gasteiger partial charge in [-0.05, 0) is 25.4 Å². The molecule has 2 heterocycles. The molecule has 0 unspecified atom stereocenters. The molecule has 1 amide bonds. The molecule has 0 spiro atoms. The van der Waals surface area contributed by atoms with Crippen LogP contribution in [0.15, 0.2) is 21.2 Å². The number of carbonyl (C=O) groups excluding carboxylic acids is 6. The van der Waals surface area contributed by atoms with E-state index in [0.29, 0.717) is 24.0 Å². The molecule has 19 nitrogen and oxygen atoms in total. The first-order valence-electron chi connectivity index (χ1n) is 13.0. The fraction of sp³-hybridized carbons (Fsp3) is 0.433. The molecule has 0 aliphatic rings. The zero-order valence-electron chi connectivity index (χ0n) is 31.1. The molecule has 0 aromatic carbocycles. The maximum atomic E-state index is 10.7. The summed E-state index contributed by atoms with van der Waals surface area (Å²) < 4.78 is 22.7. The van der Waals surface area contributed by atoms with Crippen LogP contribution in [0.5, 0.6) is 0 Å². The average molecular weight is 1050 g/mol. The molecule has 314 valence electrons. The number of methoxy groups -OCH3 is 3. The van der Waals surface area contributed by atoms with Crippen LogP contribution in [0.4, 0.5) is 0 Å². The third-order valence-corrected chi connectivity index (χ3v) is 3.84. The van der Waals surface area contributed by atoms with Gasteiger partial charge in [-0.1, -0.05) is 19.3 Å². The molecule has 0 radical (unpaired) electrons. The minimum Gasteiger partial charge on any atom is -0.870 e. The first kappa shape index (κ1) is 77.5. The number of nitrogens with two attached hydrogens (primary N) is 1. The number of nitrogens with zero attached hydrogens (tertiary/aromatic N) is 3. The van der Waals surface area contributed by atoms with Gasteiger partial charge in [0.15, 0.2) is 5.89 Å². The van der Waals surface area contributed by atoms with Gasteiger partial charge in [-0.25, -0.2) is 9.97 Å². The third-order valence-electron chi connectivity index (χ3n) is 3.71. The first-order valence-corrected chi connectivity index (χ1v) is 21.4. The number of halogens is 4. The van der Waals surface area contributed by atoms with E-state index in [1.807, 2.05) is 0 Å². The summed E-state index contributed by atoms with van der Waals surface area (Å²) in [5.41, 5.74) is 4.79. The Morgan fingerprint density at radius 1 is 0.875 bits per heavy atom. The predicted octanol–water partition coefficient (Wildman–Crippen LogP) is -4.60. The van der Waals surface area contributed by atoms with Gasteiger partial charge in [-0.15, -0.1) is 12.8 Å². The molecule has 0 aliphatic heterocycles. The van der Waals surface area contributed by atoms with Crippen molar-refractivity contribution in [1.82, 2.24) is 15.3 Å². The number of nitriles is 1. The fourth-order valence-corrected chi connectivity index (χ4v) is 2.00. The van der Waals surface area contributed by atoms with Crippen molar-refractivity contribution in [2.24, 2.45) is 5.73 Å². The summed E-state index contributed by atoms with van der Waals surface area (Å²) in [4.78, 5) is 69.2. The number of carboxylic acid groups (broad SMARTS) is 1. The molecule has 0 saturated carbocycles. The number of hydrogen-bond acceptors (Lipinski definition) is 17. The van der Waals surface area contributed by atoms with Gasteiger partial charge in [-0.2, -0.15) is 5.26 Å². The van der Waals surface area contributed by atoms with E-state index in [0.717, 1.165) is 0 Å². The Morgan fingerprint density at radius 2 is 1.21 bits per heavy atom. The zero-order chi connectivity index (χ0) is 40.8. The minimum atomic E-state index is -1.79. The predicted molar refractivity (Wildman–Crippen MR) is 192 cm³/mol. The molecule has 0 saturated heterocycles. The number of terminal acetylenes is 2. The monoisotopic (exact) mass is 1050 g/mol. The Hall–Kier alpha value is -2.97. The van der Waals surface area contributed by atoms with Crippen LogP contribution in [0.3, 0.4) is 0 Å². The molecular weight excluding hydrogens is 1010 g/mol. The topological polar surface area (TPSA) is 329 Å². The van der Waals surface area contributed by atoms with Gasteiger partial charge in [0.1, 0.15) is 30.8 Å². The van der Waals surface area contributed by atoms with Crippen molar-refractivity contribution in [2.45, 2.75) is 53.9 Å². The summed E-state index contributed by atoms with van der Waals surface area (Å²) >= 11 is 3.02. The molecule has 0 aliphatic carbocycles. The Kier molecular flexibility index (Phi) is 78.0. The van der Waals surface area contributed by atoms with Crippen molar-refractivity contribution >= 4 is 74.2 Å². The van der Waals surface area contributed by atoms with E-state index in [2.05, 4.69) is 47.8 Å². The van der Waals surface area contributed by atoms with E-state index in [-0.39, 0.29) is 100 Å². The van der Waals surface area contributed by atoms with Gasteiger partial charge in [0.2, 0.25) is 17.0 Å². The summed E-state index contributed by atoms with van der Waals surface area (Å²) in [6.45, 7) is 5.38. The van der Waals surface area contributed by atoms with Crippen LogP contribution in [0.1, 0.15) is 50.5 Å². The van der Waals surface area contributed by atoms with Gasteiger partial charge in [0.25, 0.3) is 0 Å². The summed E-state index contributed by atoms with van der Waals surface area (Å²) in [5.74, 6) is 3.19. The number of aryl methyl sites for hydroxylation is 2. The molecule has 0 atom stereocenters. The van der Waals surface area contributed by atoms with Crippen LogP contribution in [0.25, 0.3) is 0 Å². The van der Waals surface area contributed by atoms with Crippen LogP contribution < -0.4 is 53.9 Å². The largest absolute Gasteiger partial charge is 1.00 e. The number of oxazole rings is 2. The van der Waals surface area contributed by atoms with E-state index in [1.54, 1.807) is 26.1 Å². The smallest absolute Gasteiger partial charge is 0.870 e. The SMILES string of the molecule is C.C#CCN.C#CCNC(=O)CC(=O)OC.CC#N.COC(=O)CC(=O)Cl.COC(=O)Cc1ncc(C)o1.Cc1cnc(CC(=O)[O-])o1.O.[Cl][Au]([Cl])[Cl].[Li+].[Li+].[OH-]. The standard InChI is InChI=1S/2C7H9NO3.C6H7NO3.C4H5ClO3.C3H5N.C2H3N.CH4.Au.3ClH.2Li.2H2O/c1-5-4-8-6(11-5)3-7(9)10-2;1-3-4-8-6(9)5-7(10)11-2;1-4-3-7-5(10-4)2-6(8)9;1-8-4(7)2-3(5)6;1-2-3-4;1-2-3;;;;;;;;;/h4H,3H2,1-2H3;1H,4-5H2,2H3,(H,8,9);3H,2H2,1H3,(H,8,9);2H2,1H3;1H,3-4H2;1H3;1H4;;3*1H;;;2*1H2/q;;;;;;;+3;;;;2*+1;;/p-5. The molecule has 56 heavy (non-hydrogen) atoms. The molecular formula is C30H44AuCl4Li2N5O14. The number of carboxylic acids is 1. The van der Waals surface area contributed by atoms with Crippen LogP contribution in [-0.2, 0) is 71.0 Å². The number of carbonyl (C=O) groups is 6. The van der Waals surface area contributed by atoms with Gasteiger partial charge < -0.3 is 54.9 Å². The van der Waals surface area contributed by atoms with Gasteiger partial charge in [0, 0.05) is 6.92 Å². The number of rotatable bonds is 9. The van der Waals surface area contributed by atoms with Gasteiger partial charge >= 0.3 is 98.4 Å². The van der Waals surface area contributed by atoms with Crippen LogP contribution in [0, 0.1) is 49.9 Å². The van der Waals surface area contributed by atoms with Gasteiger partial charge in [0.05, 0.1) is 65.3 Å². The van der Waals surface area contributed by atoms with Gasteiger partial charge in [-0.3, -0.25) is 24.0 Å². The molecule has 2 aromatic rings. The number of aliphatic carboxylic acids is 1. The molecule has 0 bridgehead atoms. The van der Waals surface area contributed by atoms with Crippen LogP contribution in [-0.4, -0.2) is 90.4 Å². The summed E-state index contributed by atoms with van der Waals surface area (Å²) in [5, 5.41) is 18.9. The van der Waals surface area contributed by atoms with E-state index in [9.17, 15) is 33.9 Å². The number of aromatic nitrogens is 2. The van der Waals surface area contributed by atoms with Crippen molar-refractivity contribution in [3.63, 3.8) is 0 Å². The second kappa shape index (κ2) is 56.4. The van der Waals surface area contributed by atoms with E-state index < -0.39 is 44.3 Å². The quantitative estimate of drug-likeness (QED) is 0.0596. The second-order valence-corrected chi connectivity index (χ2v) is 17.4. The summed E-state index contributed by atoms with van der Waals surface area (Å²) in [7, 11) is 18.6. The Balaban J connectivity index is -0.0000000565. The van der Waals surface area contributed by atoms with E-state index >= 15 is 0 Å². The normalized spacial score (nSPS) is 7.68. The van der Waals surface area contributed by atoms with Crippen molar-refractivity contribution < 1.29 is 121 Å². The number of hydrogen-bond donors (Lipinski definition) is 2. The van der Waals surface area contributed by atoms with E-state index in [4.69, 9.17) is 65.4 Å². The molecule has 6 N–H and O–H groups in total. The maximum absolute atomic E-state index is 10.7. The van der Waals surface area contributed by atoms with Crippen molar-refractivity contribution in [3.8, 4) is 30.8 Å². The Morgan fingerprint density at radius 3 is 1.45 bits per heavy atom. The summed E-state index contributed by atoms with van der Waals surface area (Å²) in [6.07, 6.45) is 11.8. The summed E-state index contributed by atoms with van der Waals surface area (Å²) in [6, 6.07) is 1.75. The minimum absolute atomic E-state index is 0. The average Bonchev–Trinajstić information content (AvgIpc) is 3.66. The van der Waals surface area contributed by atoms with E-state index in [1.165, 1.54) is 34.4 Å². The van der Waals surface area contributed by atoms with Crippen LogP contribution in [0.2, 0.25) is 0 Å². The molecule has 0 fully saturated rings. The number of esters is 3. The maximum Gasteiger partial charge on any atom is 1.00 e. The zero-order valence-corrected chi connectivity index (χ0v) is 36.3. The molecule has 26 heteroatoms. The molecule has 2 rings (SSSR count). The Labute approximate surface area is 373 Å². The second-order valence-electron chi connectivity index (χ2n) is 7.63. The van der Waals surface area contributed by atoms with Crippen molar-refractivity contribution in [3.05, 3.63) is 35.7 Å².